The first-order chi connectivity index (χ1) is 7.26. The Morgan fingerprint density at radius 3 is 2.60 bits per heavy atom. The van der Waals surface area contributed by atoms with Crippen molar-refractivity contribution in [3.05, 3.63) is 0 Å². The number of thioether (sulfide) groups is 1. The molecule has 1 aliphatic rings. The summed E-state index contributed by atoms with van der Waals surface area (Å²) < 4.78 is 0. The lowest BCUT2D eigenvalue weighted by atomic mass is 10.1. The van der Waals surface area contributed by atoms with Crippen LogP contribution < -0.4 is 5.32 Å². The first kappa shape index (κ1) is 13.4. The summed E-state index contributed by atoms with van der Waals surface area (Å²) in [6.45, 7) is 8.08. The molecule has 0 aromatic carbocycles. The Labute approximate surface area is 99.8 Å². The lowest BCUT2D eigenvalue weighted by Gasteiger charge is -2.19. The quantitative estimate of drug-likeness (QED) is 0.647. The van der Waals surface area contributed by atoms with E-state index in [-0.39, 0.29) is 0 Å². The Morgan fingerprint density at radius 2 is 2.07 bits per heavy atom. The van der Waals surface area contributed by atoms with Crippen molar-refractivity contribution in [3.63, 3.8) is 0 Å². The molecule has 1 N–H and O–H groups in total. The average Bonchev–Trinajstić information content (AvgIpc) is 3.05. The van der Waals surface area contributed by atoms with E-state index >= 15 is 0 Å². The minimum atomic E-state index is 0.774. The molecule has 2 heteroatoms. The van der Waals surface area contributed by atoms with Gasteiger partial charge >= 0.3 is 0 Å². The Hall–Kier alpha value is 0.310. The number of nitrogens with one attached hydrogen (secondary N) is 1. The Bertz CT molecular complexity index is 157. The predicted octanol–water partition coefficient (Wildman–Crippen LogP) is 3.69. The van der Waals surface area contributed by atoms with Gasteiger partial charge in [0.25, 0.3) is 0 Å². The molecular formula is C13H27NS. The van der Waals surface area contributed by atoms with Crippen LogP contribution in [0.5, 0.6) is 0 Å². The molecule has 0 spiro atoms. The van der Waals surface area contributed by atoms with Crippen LogP contribution in [-0.4, -0.2) is 23.6 Å². The van der Waals surface area contributed by atoms with E-state index in [1.165, 1.54) is 44.4 Å². The van der Waals surface area contributed by atoms with E-state index in [9.17, 15) is 0 Å². The van der Waals surface area contributed by atoms with Crippen molar-refractivity contribution in [2.75, 3.05) is 12.3 Å². The van der Waals surface area contributed by atoms with E-state index in [0.29, 0.717) is 0 Å². The van der Waals surface area contributed by atoms with E-state index in [4.69, 9.17) is 0 Å². The van der Waals surface area contributed by atoms with Gasteiger partial charge in [-0.05, 0) is 31.7 Å². The summed E-state index contributed by atoms with van der Waals surface area (Å²) in [6.07, 6.45) is 6.95. The van der Waals surface area contributed by atoms with Crippen molar-refractivity contribution < 1.29 is 0 Å². The number of hydrogen-bond donors (Lipinski definition) is 1. The lowest BCUT2D eigenvalue weighted by Crippen LogP contribution is -2.33. The van der Waals surface area contributed by atoms with E-state index in [2.05, 4.69) is 37.8 Å². The van der Waals surface area contributed by atoms with Gasteiger partial charge in [0.15, 0.2) is 0 Å². The largest absolute Gasteiger partial charge is 0.313 e. The van der Waals surface area contributed by atoms with Crippen molar-refractivity contribution in [1.29, 1.82) is 0 Å². The molecule has 0 aromatic rings. The van der Waals surface area contributed by atoms with Gasteiger partial charge in [0, 0.05) is 17.0 Å². The van der Waals surface area contributed by atoms with Crippen LogP contribution in [0.15, 0.2) is 0 Å². The van der Waals surface area contributed by atoms with E-state index in [1.54, 1.807) is 0 Å². The first-order valence-corrected chi connectivity index (χ1v) is 7.66. The van der Waals surface area contributed by atoms with Crippen LogP contribution >= 0.6 is 11.8 Å². The topological polar surface area (TPSA) is 12.0 Å². The molecule has 2 atom stereocenters. The summed E-state index contributed by atoms with van der Waals surface area (Å²) in [4.78, 5) is 0. The second-order valence-electron chi connectivity index (χ2n) is 4.88. The molecule has 1 saturated carbocycles. The zero-order chi connectivity index (χ0) is 11.1. The molecule has 0 heterocycles. The van der Waals surface area contributed by atoms with Crippen LogP contribution in [-0.2, 0) is 0 Å². The maximum Gasteiger partial charge on any atom is 0.0160 e. The summed E-state index contributed by atoms with van der Waals surface area (Å²) >= 11 is 2.14. The van der Waals surface area contributed by atoms with Crippen LogP contribution in [0.1, 0.15) is 52.9 Å². The van der Waals surface area contributed by atoms with Gasteiger partial charge in [-0.25, -0.2) is 0 Å². The standard InChI is InChI=1S/C13H27NS/c1-4-8-14-13(9-12-6-7-12)10-15-11(3)5-2/h11-14H,4-10H2,1-3H3. The van der Waals surface area contributed by atoms with Crippen LogP contribution in [0.3, 0.4) is 0 Å². The highest BCUT2D eigenvalue weighted by Gasteiger charge is 2.25. The summed E-state index contributed by atoms with van der Waals surface area (Å²) in [5, 5.41) is 4.53. The molecule has 0 saturated heterocycles. The van der Waals surface area contributed by atoms with Gasteiger partial charge in [-0.3, -0.25) is 0 Å². The third kappa shape index (κ3) is 6.47. The van der Waals surface area contributed by atoms with Crippen molar-refractivity contribution in [1.82, 2.24) is 5.32 Å². The van der Waals surface area contributed by atoms with Crippen molar-refractivity contribution in [3.8, 4) is 0 Å². The fourth-order valence-corrected chi connectivity index (χ4v) is 2.76. The molecule has 90 valence electrons. The van der Waals surface area contributed by atoms with Crippen LogP contribution in [0.4, 0.5) is 0 Å². The van der Waals surface area contributed by atoms with Gasteiger partial charge in [-0.15, -0.1) is 0 Å². The molecule has 1 fully saturated rings. The number of hydrogen-bond acceptors (Lipinski definition) is 2. The minimum absolute atomic E-state index is 0.774. The molecule has 0 radical (unpaired) electrons. The van der Waals surface area contributed by atoms with E-state index < -0.39 is 0 Å². The Balaban J connectivity index is 2.14. The van der Waals surface area contributed by atoms with Crippen LogP contribution in [0, 0.1) is 5.92 Å². The third-order valence-electron chi connectivity index (χ3n) is 3.15. The first-order valence-electron chi connectivity index (χ1n) is 6.61. The van der Waals surface area contributed by atoms with Gasteiger partial charge in [-0.1, -0.05) is 33.6 Å². The maximum atomic E-state index is 3.70. The highest BCUT2D eigenvalue weighted by atomic mass is 32.2. The lowest BCUT2D eigenvalue weighted by molar-refractivity contribution is 0.493. The van der Waals surface area contributed by atoms with E-state index in [0.717, 1.165) is 17.2 Å². The minimum Gasteiger partial charge on any atom is -0.313 e. The second kappa shape index (κ2) is 7.56. The van der Waals surface area contributed by atoms with Crippen molar-refractivity contribution in [2.45, 2.75) is 64.2 Å². The molecule has 0 bridgehead atoms. The smallest absolute Gasteiger partial charge is 0.0160 e. The van der Waals surface area contributed by atoms with Gasteiger partial charge < -0.3 is 5.32 Å². The van der Waals surface area contributed by atoms with Crippen LogP contribution in [0.2, 0.25) is 0 Å². The Kier molecular flexibility index (Phi) is 6.74. The molecule has 2 unspecified atom stereocenters. The molecule has 0 aromatic heterocycles. The number of rotatable bonds is 9. The summed E-state index contributed by atoms with van der Waals surface area (Å²) in [7, 11) is 0. The molecular weight excluding hydrogens is 202 g/mol. The van der Waals surface area contributed by atoms with E-state index in [1.807, 2.05) is 0 Å². The molecule has 0 aliphatic heterocycles. The fraction of sp³-hybridized carbons (Fsp3) is 1.00. The van der Waals surface area contributed by atoms with Crippen molar-refractivity contribution in [2.24, 2.45) is 5.92 Å². The second-order valence-corrected chi connectivity index (χ2v) is 6.35. The molecule has 1 rings (SSSR count). The molecule has 1 aliphatic carbocycles. The highest BCUT2D eigenvalue weighted by Crippen LogP contribution is 2.34. The average molecular weight is 229 g/mol. The fourth-order valence-electron chi connectivity index (χ4n) is 1.71. The normalized spacial score (nSPS) is 20.2. The van der Waals surface area contributed by atoms with Gasteiger partial charge in [0.05, 0.1) is 0 Å². The highest BCUT2D eigenvalue weighted by molar-refractivity contribution is 7.99. The SMILES string of the molecule is CCCNC(CSC(C)CC)CC1CC1. The summed E-state index contributed by atoms with van der Waals surface area (Å²) in [5.41, 5.74) is 0. The Morgan fingerprint density at radius 1 is 1.33 bits per heavy atom. The van der Waals surface area contributed by atoms with Crippen molar-refractivity contribution >= 4 is 11.8 Å². The zero-order valence-electron chi connectivity index (χ0n) is 10.6. The molecule has 1 nitrogen and oxygen atoms in total. The van der Waals surface area contributed by atoms with Gasteiger partial charge in [0.2, 0.25) is 0 Å². The van der Waals surface area contributed by atoms with Gasteiger partial charge in [0.1, 0.15) is 0 Å². The summed E-state index contributed by atoms with van der Waals surface area (Å²) in [6, 6.07) is 0.774. The molecule has 0 amide bonds. The zero-order valence-corrected chi connectivity index (χ0v) is 11.4. The predicted molar refractivity (Wildman–Crippen MR) is 71.6 cm³/mol. The monoisotopic (exact) mass is 229 g/mol. The third-order valence-corrected chi connectivity index (χ3v) is 4.65. The van der Waals surface area contributed by atoms with Gasteiger partial charge in [-0.2, -0.15) is 11.8 Å². The summed E-state index contributed by atoms with van der Waals surface area (Å²) in [5.74, 6) is 2.36. The molecule has 15 heavy (non-hydrogen) atoms. The van der Waals surface area contributed by atoms with Crippen LogP contribution in [0.25, 0.3) is 0 Å². The maximum absolute atomic E-state index is 3.70.